The molecule has 1 fully saturated rings. The van der Waals surface area contributed by atoms with Crippen LogP contribution in [0.2, 0.25) is 0 Å². The molecule has 25 heavy (non-hydrogen) atoms. The summed E-state index contributed by atoms with van der Waals surface area (Å²) in [5.41, 5.74) is 9.56. The molecule has 1 saturated heterocycles. The lowest BCUT2D eigenvalue weighted by atomic mass is 9.97. The lowest BCUT2D eigenvalue weighted by Crippen LogP contribution is -2.36. The minimum Gasteiger partial charge on any atom is -0.398 e. The van der Waals surface area contributed by atoms with Gasteiger partial charge in [-0.2, -0.15) is 0 Å². The number of hydrogen-bond acceptors (Lipinski definition) is 6. The lowest BCUT2D eigenvalue weighted by molar-refractivity contribution is 0.122. The normalized spacial score (nSPS) is 14.8. The van der Waals surface area contributed by atoms with Crippen molar-refractivity contribution < 1.29 is 4.74 Å². The van der Waals surface area contributed by atoms with Gasteiger partial charge < -0.3 is 15.4 Å². The molecule has 6 nitrogen and oxygen atoms in total. The molecule has 0 atom stereocenters. The molecule has 3 N–H and O–H groups in total. The zero-order chi connectivity index (χ0) is 17.8. The SMILES string of the molecule is CC(C)Cc1ccc(N)c(C(=N)c2cc(N3CCOCC3)ncn2)c1. The van der Waals surface area contributed by atoms with E-state index in [0.29, 0.717) is 36.2 Å². The van der Waals surface area contributed by atoms with Crippen molar-refractivity contribution in [3.63, 3.8) is 0 Å². The first-order valence-electron chi connectivity index (χ1n) is 8.67. The van der Waals surface area contributed by atoms with Gasteiger partial charge >= 0.3 is 0 Å². The third-order valence-electron chi connectivity index (χ3n) is 4.27. The largest absolute Gasteiger partial charge is 0.398 e. The Morgan fingerprint density at radius 1 is 1.24 bits per heavy atom. The fourth-order valence-corrected chi connectivity index (χ4v) is 3.01. The summed E-state index contributed by atoms with van der Waals surface area (Å²) >= 11 is 0. The number of benzene rings is 1. The molecule has 1 aliphatic rings. The number of ether oxygens (including phenoxy) is 1. The van der Waals surface area contributed by atoms with Gasteiger partial charge in [-0.05, 0) is 30.0 Å². The van der Waals surface area contributed by atoms with E-state index in [1.807, 2.05) is 24.3 Å². The summed E-state index contributed by atoms with van der Waals surface area (Å²) in [4.78, 5) is 10.8. The van der Waals surface area contributed by atoms with Crippen molar-refractivity contribution in [1.29, 1.82) is 5.41 Å². The Bertz CT molecular complexity index is 753. The van der Waals surface area contributed by atoms with Gasteiger partial charge in [0.1, 0.15) is 12.1 Å². The van der Waals surface area contributed by atoms with Crippen LogP contribution in [-0.2, 0) is 11.2 Å². The van der Waals surface area contributed by atoms with Gasteiger partial charge in [0.05, 0.1) is 24.6 Å². The van der Waals surface area contributed by atoms with Crippen LogP contribution in [0.4, 0.5) is 11.5 Å². The maximum absolute atomic E-state index is 8.59. The average molecular weight is 339 g/mol. The van der Waals surface area contributed by atoms with Gasteiger partial charge in [-0.3, -0.25) is 5.41 Å². The number of morpholine rings is 1. The van der Waals surface area contributed by atoms with Crippen LogP contribution in [0.25, 0.3) is 0 Å². The molecule has 0 amide bonds. The van der Waals surface area contributed by atoms with Crippen molar-refractivity contribution in [3.05, 3.63) is 47.4 Å². The Kier molecular flexibility index (Phi) is 5.28. The second kappa shape index (κ2) is 7.61. The van der Waals surface area contributed by atoms with Crippen molar-refractivity contribution in [3.8, 4) is 0 Å². The van der Waals surface area contributed by atoms with E-state index in [4.69, 9.17) is 15.9 Å². The topological polar surface area (TPSA) is 88.1 Å². The maximum atomic E-state index is 8.59. The van der Waals surface area contributed by atoms with E-state index in [9.17, 15) is 0 Å². The van der Waals surface area contributed by atoms with Gasteiger partial charge in [-0.1, -0.05) is 19.9 Å². The third kappa shape index (κ3) is 4.14. The predicted molar refractivity (Wildman–Crippen MR) is 100 cm³/mol. The molecule has 0 radical (unpaired) electrons. The monoisotopic (exact) mass is 339 g/mol. The first kappa shape index (κ1) is 17.4. The Labute approximate surface area is 148 Å². The van der Waals surface area contributed by atoms with E-state index in [0.717, 1.165) is 30.9 Å². The number of hydrogen-bond donors (Lipinski definition) is 2. The van der Waals surface area contributed by atoms with Gasteiger partial charge in [0.25, 0.3) is 0 Å². The summed E-state index contributed by atoms with van der Waals surface area (Å²) in [6, 6.07) is 7.79. The predicted octanol–water partition coefficient (Wildman–Crippen LogP) is 2.51. The molecular weight excluding hydrogens is 314 g/mol. The highest BCUT2D eigenvalue weighted by Crippen LogP contribution is 2.21. The smallest absolute Gasteiger partial charge is 0.132 e. The van der Waals surface area contributed by atoms with Crippen LogP contribution in [0.15, 0.2) is 30.6 Å². The van der Waals surface area contributed by atoms with Gasteiger partial charge in [-0.25, -0.2) is 9.97 Å². The van der Waals surface area contributed by atoms with Crippen LogP contribution < -0.4 is 10.6 Å². The van der Waals surface area contributed by atoms with E-state index in [1.54, 1.807) is 0 Å². The van der Waals surface area contributed by atoms with Gasteiger partial charge in [0.2, 0.25) is 0 Å². The summed E-state index contributed by atoms with van der Waals surface area (Å²) < 4.78 is 5.38. The molecule has 132 valence electrons. The molecule has 1 aliphatic heterocycles. The minimum absolute atomic E-state index is 0.333. The summed E-state index contributed by atoms with van der Waals surface area (Å²) in [7, 11) is 0. The molecule has 6 heteroatoms. The lowest BCUT2D eigenvalue weighted by Gasteiger charge is -2.27. The van der Waals surface area contributed by atoms with Crippen LogP contribution in [0.3, 0.4) is 0 Å². The van der Waals surface area contributed by atoms with Gasteiger partial charge in [0, 0.05) is 30.4 Å². The fourth-order valence-electron chi connectivity index (χ4n) is 3.01. The maximum Gasteiger partial charge on any atom is 0.132 e. The standard InChI is InChI=1S/C19H25N5O/c1-13(2)9-14-3-4-16(20)15(10-14)19(21)17-11-18(23-12-22-17)24-5-7-25-8-6-24/h3-4,10-13,21H,5-9,20H2,1-2H3. The Morgan fingerprint density at radius 3 is 2.72 bits per heavy atom. The Hall–Kier alpha value is -2.47. The first-order valence-corrected chi connectivity index (χ1v) is 8.67. The zero-order valence-electron chi connectivity index (χ0n) is 14.8. The number of rotatable bonds is 5. The minimum atomic E-state index is 0.333. The van der Waals surface area contributed by atoms with E-state index in [1.165, 1.54) is 11.9 Å². The van der Waals surface area contributed by atoms with Crippen LogP contribution >= 0.6 is 0 Å². The summed E-state index contributed by atoms with van der Waals surface area (Å²) in [6.45, 7) is 7.36. The van der Waals surface area contributed by atoms with Crippen molar-refractivity contribution >= 4 is 17.2 Å². The van der Waals surface area contributed by atoms with Crippen LogP contribution in [-0.4, -0.2) is 42.0 Å². The molecule has 0 aliphatic carbocycles. The third-order valence-corrected chi connectivity index (χ3v) is 4.27. The van der Waals surface area contributed by atoms with Crippen LogP contribution in [0.1, 0.15) is 30.7 Å². The molecule has 3 rings (SSSR count). The summed E-state index contributed by atoms with van der Waals surface area (Å²) in [5.74, 6) is 1.38. The molecule has 0 spiro atoms. The van der Waals surface area contributed by atoms with Gasteiger partial charge in [0.15, 0.2) is 0 Å². The molecule has 1 aromatic carbocycles. The second-order valence-electron chi connectivity index (χ2n) is 6.76. The quantitative estimate of drug-likeness (QED) is 0.645. The number of anilines is 2. The molecule has 0 unspecified atom stereocenters. The van der Waals surface area contributed by atoms with E-state index >= 15 is 0 Å². The molecule has 1 aromatic heterocycles. The highest BCUT2D eigenvalue weighted by Gasteiger charge is 2.16. The molecule has 0 bridgehead atoms. The van der Waals surface area contributed by atoms with Crippen LogP contribution in [0.5, 0.6) is 0 Å². The van der Waals surface area contributed by atoms with Crippen molar-refractivity contribution in [1.82, 2.24) is 9.97 Å². The molecule has 2 heterocycles. The Balaban J connectivity index is 1.87. The van der Waals surface area contributed by atoms with E-state index in [2.05, 4.69) is 28.7 Å². The highest BCUT2D eigenvalue weighted by atomic mass is 16.5. The van der Waals surface area contributed by atoms with E-state index < -0.39 is 0 Å². The van der Waals surface area contributed by atoms with Crippen molar-refractivity contribution in [2.75, 3.05) is 36.9 Å². The summed E-state index contributed by atoms with van der Waals surface area (Å²) in [6.07, 6.45) is 2.48. The zero-order valence-corrected chi connectivity index (χ0v) is 14.8. The molecule has 0 saturated carbocycles. The van der Waals surface area contributed by atoms with E-state index in [-0.39, 0.29) is 0 Å². The molecular formula is C19H25N5O. The number of nitrogens with zero attached hydrogens (tertiary/aromatic N) is 3. The van der Waals surface area contributed by atoms with Crippen molar-refractivity contribution in [2.24, 2.45) is 5.92 Å². The number of nitrogen functional groups attached to an aromatic ring is 1. The van der Waals surface area contributed by atoms with Gasteiger partial charge in [-0.15, -0.1) is 0 Å². The number of aromatic nitrogens is 2. The second-order valence-corrected chi connectivity index (χ2v) is 6.76. The van der Waals surface area contributed by atoms with Crippen LogP contribution in [0, 0.1) is 11.3 Å². The van der Waals surface area contributed by atoms with Crippen molar-refractivity contribution in [2.45, 2.75) is 20.3 Å². The first-order chi connectivity index (χ1) is 12.0. The highest BCUT2D eigenvalue weighted by molar-refractivity contribution is 6.13. The summed E-state index contributed by atoms with van der Waals surface area (Å²) in [5, 5.41) is 8.59. The average Bonchev–Trinajstić information content (AvgIpc) is 2.63. The Morgan fingerprint density at radius 2 is 2.00 bits per heavy atom. The molecule has 2 aromatic rings. The number of nitrogens with one attached hydrogen (secondary N) is 1. The number of nitrogens with two attached hydrogens (primary N) is 1. The fraction of sp³-hybridized carbons (Fsp3) is 0.421.